The van der Waals surface area contributed by atoms with Crippen LogP contribution in [0.25, 0.3) is 0 Å². The Labute approximate surface area is 106 Å². The van der Waals surface area contributed by atoms with Crippen LogP contribution in [0.1, 0.15) is 29.1 Å². The van der Waals surface area contributed by atoms with Gasteiger partial charge in [-0.1, -0.05) is 6.42 Å². The molecule has 0 spiro atoms. The summed E-state index contributed by atoms with van der Waals surface area (Å²) in [5.41, 5.74) is 0. The van der Waals surface area contributed by atoms with E-state index in [1.807, 2.05) is 18.4 Å². The molecule has 0 aromatic carbocycles. The molecule has 2 rings (SSSR count). The lowest BCUT2D eigenvalue weighted by Crippen LogP contribution is -2.12. The number of aromatic nitrogens is 1. The first-order valence-electron chi connectivity index (χ1n) is 6.08. The van der Waals surface area contributed by atoms with Crippen molar-refractivity contribution >= 4 is 23.1 Å². The highest BCUT2D eigenvalue weighted by molar-refractivity contribution is 7.99. The fourth-order valence-electron chi connectivity index (χ4n) is 1.97. The Morgan fingerprint density at radius 2 is 2.44 bits per heavy atom. The van der Waals surface area contributed by atoms with E-state index in [2.05, 4.69) is 28.3 Å². The number of rotatable bonds is 5. The van der Waals surface area contributed by atoms with Gasteiger partial charge < -0.3 is 5.32 Å². The monoisotopic (exact) mass is 256 g/mol. The second-order valence-electron chi connectivity index (χ2n) is 4.27. The average Bonchev–Trinajstić information content (AvgIpc) is 2.75. The van der Waals surface area contributed by atoms with Crippen molar-refractivity contribution in [3.63, 3.8) is 0 Å². The summed E-state index contributed by atoms with van der Waals surface area (Å²) in [4.78, 5) is 5.96. The number of nitrogens with zero attached hydrogens (tertiary/aromatic N) is 1. The van der Waals surface area contributed by atoms with Gasteiger partial charge in [0.15, 0.2) is 0 Å². The van der Waals surface area contributed by atoms with Gasteiger partial charge in [-0.2, -0.15) is 11.8 Å². The molecule has 0 radical (unpaired) electrons. The number of nitrogens with one attached hydrogen (secondary N) is 1. The average molecular weight is 256 g/mol. The number of thiazole rings is 1. The van der Waals surface area contributed by atoms with E-state index in [0.29, 0.717) is 0 Å². The van der Waals surface area contributed by atoms with Crippen LogP contribution in [0.4, 0.5) is 0 Å². The zero-order valence-corrected chi connectivity index (χ0v) is 11.5. The summed E-state index contributed by atoms with van der Waals surface area (Å²) in [5, 5.41) is 5.35. The molecule has 0 saturated carbocycles. The third kappa shape index (κ3) is 3.75. The number of hydrogen-bond donors (Lipinski definition) is 1. The molecule has 16 heavy (non-hydrogen) atoms. The molecule has 1 atom stereocenters. The lowest BCUT2D eigenvalue weighted by atomic mass is 10.1. The molecule has 1 fully saturated rings. The maximum Gasteiger partial charge on any atom is 0.0938 e. The van der Waals surface area contributed by atoms with Crippen molar-refractivity contribution in [1.82, 2.24) is 10.3 Å². The lowest BCUT2D eigenvalue weighted by Gasteiger charge is -2.19. The Kier molecular flexibility index (Phi) is 5.13. The molecule has 1 aromatic rings. The van der Waals surface area contributed by atoms with Gasteiger partial charge in [-0.3, -0.25) is 0 Å². The first-order valence-corrected chi connectivity index (χ1v) is 7.95. The quantitative estimate of drug-likeness (QED) is 0.877. The molecule has 4 heteroatoms. The Hall–Kier alpha value is -0.0600. The van der Waals surface area contributed by atoms with E-state index in [4.69, 9.17) is 0 Å². The Bertz CT molecular complexity index is 306. The van der Waals surface area contributed by atoms with Crippen LogP contribution in [-0.4, -0.2) is 29.6 Å². The van der Waals surface area contributed by atoms with Crippen LogP contribution in [0.15, 0.2) is 6.20 Å². The molecular weight excluding hydrogens is 236 g/mol. The summed E-state index contributed by atoms with van der Waals surface area (Å²) in [5.74, 6) is 1.35. The van der Waals surface area contributed by atoms with Crippen molar-refractivity contribution in [2.45, 2.75) is 37.4 Å². The van der Waals surface area contributed by atoms with Gasteiger partial charge in [0.1, 0.15) is 0 Å². The molecule has 1 aliphatic heterocycles. The van der Waals surface area contributed by atoms with Crippen LogP contribution in [0.2, 0.25) is 0 Å². The SMILES string of the molecule is CNCCc1cnc(CC2CCCCS2)s1. The minimum Gasteiger partial charge on any atom is -0.319 e. The highest BCUT2D eigenvalue weighted by atomic mass is 32.2. The molecule has 2 heterocycles. The fraction of sp³-hybridized carbons (Fsp3) is 0.750. The third-order valence-corrected chi connectivity index (χ3v) is 5.38. The first-order chi connectivity index (χ1) is 7.88. The molecule has 1 N–H and O–H groups in total. The predicted octanol–water partition coefficient (Wildman–Crippen LogP) is 2.73. The molecule has 1 aliphatic rings. The van der Waals surface area contributed by atoms with Crippen LogP contribution in [0.3, 0.4) is 0 Å². The minimum absolute atomic E-state index is 0.831. The third-order valence-electron chi connectivity index (χ3n) is 2.90. The van der Waals surface area contributed by atoms with Gasteiger partial charge in [0.05, 0.1) is 5.01 Å². The molecule has 1 aromatic heterocycles. The summed E-state index contributed by atoms with van der Waals surface area (Å²) in [6, 6.07) is 0. The second kappa shape index (κ2) is 6.62. The van der Waals surface area contributed by atoms with Gasteiger partial charge in [-0.25, -0.2) is 4.98 Å². The van der Waals surface area contributed by atoms with E-state index in [-0.39, 0.29) is 0 Å². The van der Waals surface area contributed by atoms with Crippen LogP contribution >= 0.6 is 23.1 Å². The van der Waals surface area contributed by atoms with Gasteiger partial charge in [0.2, 0.25) is 0 Å². The highest BCUT2D eigenvalue weighted by Crippen LogP contribution is 2.29. The van der Waals surface area contributed by atoms with Crippen molar-refractivity contribution in [3.05, 3.63) is 16.1 Å². The van der Waals surface area contributed by atoms with Gasteiger partial charge in [-0.15, -0.1) is 11.3 Å². The number of likely N-dealkylation sites (N-methyl/N-ethyl adjacent to an activating group) is 1. The number of thioether (sulfide) groups is 1. The first kappa shape index (κ1) is 12.4. The highest BCUT2D eigenvalue weighted by Gasteiger charge is 2.16. The molecular formula is C12H20N2S2. The lowest BCUT2D eigenvalue weighted by molar-refractivity contribution is 0.659. The summed E-state index contributed by atoms with van der Waals surface area (Å²) in [6.45, 7) is 1.06. The predicted molar refractivity (Wildman–Crippen MR) is 73.5 cm³/mol. The Morgan fingerprint density at radius 1 is 1.50 bits per heavy atom. The van der Waals surface area contributed by atoms with Crippen LogP contribution in [0, 0.1) is 0 Å². The topological polar surface area (TPSA) is 24.9 Å². The molecule has 0 aliphatic carbocycles. The van der Waals surface area contributed by atoms with Crippen molar-refractivity contribution in [2.75, 3.05) is 19.3 Å². The molecule has 1 unspecified atom stereocenters. The number of hydrogen-bond acceptors (Lipinski definition) is 4. The van der Waals surface area contributed by atoms with E-state index in [1.165, 1.54) is 41.3 Å². The summed E-state index contributed by atoms with van der Waals surface area (Å²) in [7, 11) is 2.00. The van der Waals surface area contributed by atoms with Gasteiger partial charge >= 0.3 is 0 Å². The Morgan fingerprint density at radius 3 is 3.19 bits per heavy atom. The van der Waals surface area contributed by atoms with Gasteiger partial charge in [0.25, 0.3) is 0 Å². The second-order valence-corrected chi connectivity index (χ2v) is 6.87. The van der Waals surface area contributed by atoms with Gasteiger partial charge in [0, 0.05) is 22.7 Å². The minimum atomic E-state index is 0.831. The zero-order chi connectivity index (χ0) is 11.2. The Balaban J connectivity index is 1.81. The molecule has 2 nitrogen and oxygen atoms in total. The van der Waals surface area contributed by atoms with Crippen LogP contribution in [0.5, 0.6) is 0 Å². The van der Waals surface area contributed by atoms with Gasteiger partial charge in [-0.05, 0) is 38.6 Å². The molecule has 90 valence electrons. The van der Waals surface area contributed by atoms with Crippen molar-refractivity contribution < 1.29 is 0 Å². The maximum atomic E-state index is 4.54. The van der Waals surface area contributed by atoms with E-state index in [0.717, 1.165) is 18.2 Å². The smallest absolute Gasteiger partial charge is 0.0938 e. The van der Waals surface area contributed by atoms with Crippen molar-refractivity contribution in [3.8, 4) is 0 Å². The maximum absolute atomic E-state index is 4.54. The van der Waals surface area contributed by atoms with Crippen molar-refractivity contribution in [1.29, 1.82) is 0 Å². The van der Waals surface area contributed by atoms with E-state index in [9.17, 15) is 0 Å². The van der Waals surface area contributed by atoms with E-state index in [1.54, 1.807) is 0 Å². The van der Waals surface area contributed by atoms with Crippen LogP contribution in [-0.2, 0) is 12.8 Å². The van der Waals surface area contributed by atoms with E-state index < -0.39 is 0 Å². The summed E-state index contributed by atoms with van der Waals surface area (Å²) in [6.07, 6.45) is 8.57. The van der Waals surface area contributed by atoms with E-state index >= 15 is 0 Å². The summed E-state index contributed by atoms with van der Waals surface area (Å²) < 4.78 is 0. The standard InChI is InChI=1S/C12H20N2S2/c1-13-6-5-11-9-14-12(16-11)8-10-4-2-3-7-15-10/h9-10,13H,2-8H2,1H3. The fourth-order valence-corrected chi connectivity index (χ4v) is 4.39. The zero-order valence-electron chi connectivity index (χ0n) is 9.87. The normalized spacial score (nSPS) is 21.2. The largest absolute Gasteiger partial charge is 0.319 e. The molecule has 1 saturated heterocycles. The molecule has 0 amide bonds. The molecule has 0 bridgehead atoms. The summed E-state index contributed by atoms with van der Waals surface area (Å²) >= 11 is 4.04. The van der Waals surface area contributed by atoms with Crippen LogP contribution < -0.4 is 5.32 Å². The van der Waals surface area contributed by atoms with Crippen molar-refractivity contribution in [2.24, 2.45) is 0 Å².